The molecule has 0 aromatic heterocycles. The molecule has 0 spiro atoms. The van der Waals surface area contributed by atoms with Gasteiger partial charge in [0.15, 0.2) is 11.6 Å². The number of benzene rings is 1. The van der Waals surface area contributed by atoms with Crippen LogP contribution in [0.5, 0.6) is 0 Å². The molecule has 0 aliphatic heterocycles. The lowest BCUT2D eigenvalue weighted by Gasteiger charge is -2.15. The highest BCUT2D eigenvalue weighted by molar-refractivity contribution is 5.69. The zero-order valence-corrected chi connectivity index (χ0v) is 10.5. The van der Waals surface area contributed by atoms with Crippen molar-refractivity contribution in [2.45, 2.75) is 25.8 Å². The van der Waals surface area contributed by atoms with Crippen LogP contribution in [0.3, 0.4) is 0 Å². The lowest BCUT2D eigenvalue weighted by molar-refractivity contribution is -0.140. The minimum Gasteiger partial charge on any atom is -0.469 e. The van der Waals surface area contributed by atoms with Crippen LogP contribution in [0.25, 0.3) is 0 Å². The van der Waals surface area contributed by atoms with Gasteiger partial charge < -0.3 is 10.1 Å². The van der Waals surface area contributed by atoms with E-state index in [0.717, 1.165) is 6.07 Å². The van der Waals surface area contributed by atoms with E-state index in [1.807, 2.05) is 0 Å². The highest BCUT2D eigenvalue weighted by Gasteiger charge is 2.13. The van der Waals surface area contributed by atoms with Crippen molar-refractivity contribution >= 4 is 5.97 Å². The Morgan fingerprint density at radius 1 is 1.44 bits per heavy atom. The molecular weight excluding hydrogens is 240 g/mol. The first-order valence-electron chi connectivity index (χ1n) is 5.80. The Hall–Kier alpha value is -1.49. The summed E-state index contributed by atoms with van der Waals surface area (Å²) < 4.78 is 31.0. The van der Waals surface area contributed by atoms with Crippen molar-refractivity contribution in [2.75, 3.05) is 13.7 Å². The van der Waals surface area contributed by atoms with E-state index in [4.69, 9.17) is 0 Å². The molecule has 0 amide bonds. The highest BCUT2D eigenvalue weighted by Crippen LogP contribution is 2.18. The van der Waals surface area contributed by atoms with Crippen LogP contribution in [-0.4, -0.2) is 19.6 Å². The fourth-order valence-electron chi connectivity index (χ4n) is 1.62. The second-order valence-corrected chi connectivity index (χ2v) is 4.00. The number of nitrogens with one attached hydrogen (secondary N) is 1. The maximum Gasteiger partial charge on any atom is 0.305 e. The monoisotopic (exact) mass is 257 g/mol. The number of rotatable bonds is 6. The number of carbonyl (C=O) groups excluding carboxylic acids is 1. The summed E-state index contributed by atoms with van der Waals surface area (Å²) >= 11 is 0. The summed E-state index contributed by atoms with van der Waals surface area (Å²) in [5.41, 5.74) is 0.285. The Morgan fingerprint density at radius 3 is 2.83 bits per heavy atom. The number of hydrogen-bond acceptors (Lipinski definition) is 3. The van der Waals surface area contributed by atoms with Crippen molar-refractivity contribution in [3.8, 4) is 0 Å². The number of halogens is 2. The third-order valence-electron chi connectivity index (χ3n) is 2.68. The summed E-state index contributed by atoms with van der Waals surface area (Å²) in [6.07, 6.45) is 0.899. The lowest BCUT2D eigenvalue weighted by Crippen LogP contribution is -2.21. The van der Waals surface area contributed by atoms with E-state index in [2.05, 4.69) is 10.1 Å². The molecule has 0 saturated carbocycles. The largest absolute Gasteiger partial charge is 0.469 e. The molecule has 1 unspecified atom stereocenters. The molecule has 0 bridgehead atoms. The third kappa shape index (κ3) is 4.07. The van der Waals surface area contributed by atoms with Crippen molar-refractivity contribution in [1.82, 2.24) is 5.32 Å². The van der Waals surface area contributed by atoms with Crippen molar-refractivity contribution in [3.05, 3.63) is 35.4 Å². The Labute approximate surface area is 105 Å². The summed E-state index contributed by atoms with van der Waals surface area (Å²) in [6.45, 7) is 2.28. The maximum atomic E-state index is 13.5. The van der Waals surface area contributed by atoms with Gasteiger partial charge in [0.25, 0.3) is 0 Å². The predicted molar refractivity (Wildman–Crippen MR) is 64.0 cm³/mol. The topological polar surface area (TPSA) is 38.3 Å². The maximum absolute atomic E-state index is 13.5. The average molecular weight is 257 g/mol. The molecule has 5 heteroatoms. The number of methoxy groups -OCH3 is 1. The van der Waals surface area contributed by atoms with Crippen LogP contribution in [0, 0.1) is 11.6 Å². The molecule has 1 atom stereocenters. The molecule has 1 rings (SSSR count). The molecule has 18 heavy (non-hydrogen) atoms. The smallest absolute Gasteiger partial charge is 0.305 e. The van der Waals surface area contributed by atoms with Gasteiger partial charge in [-0.15, -0.1) is 0 Å². The van der Waals surface area contributed by atoms with Gasteiger partial charge in [0.05, 0.1) is 7.11 Å². The zero-order valence-electron chi connectivity index (χ0n) is 10.5. The number of carbonyl (C=O) groups is 1. The fourth-order valence-corrected chi connectivity index (χ4v) is 1.62. The van der Waals surface area contributed by atoms with E-state index in [9.17, 15) is 13.6 Å². The molecule has 1 N–H and O–H groups in total. The SMILES string of the molecule is COC(=O)CCCNC(C)c1cccc(F)c1F. The van der Waals surface area contributed by atoms with E-state index >= 15 is 0 Å². The van der Waals surface area contributed by atoms with E-state index in [1.165, 1.54) is 19.2 Å². The Bertz CT molecular complexity index is 410. The Balaban J connectivity index is 2.43. The quantitative estimate of drug-likeness (QED) is 0.628. The molecule has 0 radical (unpaired) electrons. The summed E-state index contributed by atoms with van der Waals surface area (Å²) in [5.74, 6) is -1.96. The molecule has 3 nitrogen and oxygen atoms in total. The van der Waals surface area contributed by atoms with Gasteiger partial charge in [0.2, 0.25) is 0 Å². The first-order valence-corrected chi connectivity index (χ1v) is 5.80. The van der Waals surface area contributed by atoms with Gasteiger partial charge in [-0.25, -0.2) is 8.78 Å². The van der Waals surface area contributed by atoms with Gasteiger partial charge in [-0.3, -0.25) is 4.79 Å². The molecular formula is C13H17F2NO2. The Morgan fingerprint density at radius 2 is 2.17 bits per heavy atom. The van der Waals surface area contributed by atoms with Crippen molar-refractivity contribution in [1.29, 1.82) is 0 Å². The molecule has 0 heterocycles. The number of ether oxygens (including phenoxy) is 1. The zero-order chi connectivity index (χ0) is 13.5. The van der Waals surface area contributed by atoms with Crippen LogP contribution in [0.4, 0.5) is 8.78 Å². The van der Waals surface area contributed by atoms with Gasteiger partial charge >= 0.3 is 5.97 Å². The summed E-state index contributed by atoms with van der Waals surface area (Å²) in [6, 6.07) is 3.79. The second kappa shape index (κ2) is 7.06. The van der Waals surface area contributed by atoms with Gasteiger partial charge in [-0.2, -0.15) is 0 Å². The minimum absolute atomic E-state index is 0.276. The highest BCUT2D eigenvalue weighted by atomic mass is 19.2. The van der Waals surface area contributed by atoms with Crippen LogP contribution in [0.2, 0.25) is 0 Å². The average Bonchev–Trinajstić information content (AvgIpc) is 2.37. The van der Waals surface area contributed by atoms with Gasteiger partial charge in [-0.1, -0.05) is 12.1 Å². The minimum atomic E-state index is -0.851. The molecule has 100 valence electrons. The van der Waals surface area contributed by atoms with Crippen LogP contribution < -0.4 is 5.32 Å². The van der Waals surface area contributed by atoms with Crippen LogP contribution in [0.15, 0.2) is 18.2 Å². The van der Waals surface area contributed by atoms with Gasteiger partial charge in [0, 0.05) is 18.0 Å². The van der Waals surface area contributed by atoms with E-state index in [-0.39, 0.29) is 17.6 Å². The van der Waals surface area contributed by atoms with E-state index in [0.29, 0.717) is 19.4 Å². The lowest BCUT2D eigenvalue weighted by atomic mass is 10.1. The van der Waals surface area contributed by atoms with Crippen molar-refractivity contribution < 1.29 is 18.3 Å². The van der Waals surface area contributed by atoms with E-state index < -0.39 is 11.6 Å². The summed E-state index contributed by atoms with van der Waals surface area (Å²) in [7, 11) is 1.33. The van der Waals surface area contributed by atoms with Crippen LogP contribution in [0.1, 0.15) is 31.4 Å². The molecule has 0 saturated heterocycles. The molecule has 1 aromatic carbocycles. The summed E-state index contributed by atoms with van der Waals surface area (Å²) in [5, 5.41) is 3.03. The van der Waals surface area contributed by atoms with Crippen LogP contribution >= 0.6 is 0 Å². The normalized spacial score (nSPS) is 12.2. The van der Waals surface area contributed by atoms with Gasteiger partial charge in [0.1, 0.15) is 0 Å². The third-order valence-corrected chi connectivity index (χ3v) is 2.68. The number of esters is 1. The predicted octanol–water partition coefficient (Wildman–Crippen LogP) is 2.57. The van der Waals surface area contributed by atoms with Crippen molar-refractivity contribution in [2.24, 2.45) is 0 Å². The number of hydrogen-bond donors (Lipinski definition) is 1. The van der Waals surface area contributed by atoms with E-state index in [1.54, 1.807) is 6.92 Å². The van der Waals surface area contributed by atoms with Crippen molar-refractivity contribution in [3.63, 3.8) is 0 Å². The second-order valence-electron chi connectivity index (χ2n) is 4.00. The first-order chi connectivity index (χ1) is 8.56. The molecule has 1 aromatic rings. The first kappa shape index (κ1) is 14.6. The molecule has 0 fully saturated rings. The Kier molecular flexibility index (Phi) is 5.71. The molecule has 0 aliphatic rings. The molecule has 0 aliphatic carbocycles. The summed E-state index contributed by atoms with van der Waals surface area (Å²) in [4.78, 5) is 10.9. The van der Waals surface area contributed by atoms with Crippen LogP contribution in [-0.2, 0) is 9.53 Å². The van der Waals surface area contributed by atoms with Gasteiger partial charge in [-0.05, 0) is 26.0 Å². The fraction of sp³-hybridized carbons (Fsp3) is 0.462. The standard InChI is InChI=1S/C13H17F2NO2/c1-9(16-8-4-7-12(17)18-2)10-5-3-6-11(14)13(10)15/h3,5-6,9,16H,4,7-8H2,1-2H3.